The molecule has 0 N–H and O–H groups in total. The molecule has 96 valence electrons. The molecule has 2 aromatic rings. The van der Waals surface area contributed by atoms with Crippen molar-refractivity contribution in [2.45, 2.75) is 24.8 Å². The van der Waals surface area contributed by atoms with Gasteiger partial charge in [0.25, 0.3) is 9.05 Å². The Balaban J connectivity index is 2.47. The van der Waals surface area contributed by atoms with Crippen LogP contribution in [-0.2, 0) is 9.05 Å². The summed E-state index contributed by atoms with van der Waals surface area (Å²) in [5.74, 6) is 0.424. The number of hydrogen-bond donors (Lipinski definition) is 0. The average molecular weight is 285 g/mol. The second-order valence-electron chi connectivity index (χ2n) is 4.27. The van der Waals surface area contributed by atoms with Gasteiger partial charge in [-0.25, -0.2) is 13.1 Å². The molecule has 0 bridgehead atoms. The first kappa shape index (κ1) is 13.1. The van der Waals surface area contributed by atoms with Gasteiger partial charge in [0.2, 0.25) is 0 Å². The molecule has 0 atom stereocenters. The van der Waals surface area contributed by atoms with Gasteiger partial charge in [-0.2, -0.15) is 5.10 Å². The molecule has 0 unspecified atom stereocenters. The van der Waals surface area contributed by atoms with E-state index in [4.69, 9.17) is 10.7 Å². The van der Waals surface area contributed by atoms with Crippen molar-refractivity contribution in [1.29, 1.82) is 0 Å². The zero-order chi connectivity index (χ0) is 13.3. The molecule has 1 aromatic carbocycles. The smallest absolute Gasteiger partial charge is 0.221 e. The fourth-order valence-corrected chi connectivity index (χ4v) is 2.60. The van der Waals surface area contributed by atoms with E-state index < -0.39 is 9.05 Å². The summed E-state index contributed by atoms with van der Waals surface area (Å²) in [6, 6.07) is 8.93. The van der Waals surface area contributed by atoms with E-state index in [1.54, 1.807) is 0 Å². The SMILES string of the molecule is CC(C)c1ccc(-n2nccc2S(=O)(=O)Cl)cc1. The summed E-state index contributed by atoms with van der Waals surface area (Å²) in [7, 11) is 1.56. The van der Waals surface area contributed by atoms with E-state index >= 15 is 0 Å². The van der Waals surface area contributed by atoms with Crippen LogP contribution >= 0.6 is 10.7 Å². The summed E-state index contributed by atoms with van der Waals surface area (Å²) in [6.45, 7) is 4.19. The van der Waals surface area contributed by atoms with Crippen LogP contribution in [0.25, 0.3) is 5.69 Å². The van der Waals surface area contributed by atoms with Crippen molar-refractivity contribution in [3.63, 3.8) is 0 Å². The maximum atomic E-state index is 11.4. The van der Waals surface area contributed by atoms with Crippen molar-refractivity contribution in [2.75, 3.05) is 0 Å². The van der Waals surface area contributed by atoms with Gasteiger partial charge in [-0.3, -0.25) is 0 Å². The molecule has 18 heavy (non-hydrogen) atoms. The van der Waals surface area contributed by atoms with Gasteiger partial charge in [-0.15, -0.1) is 0 Å². The third kappa shape index (κ3) is 2.57. The minimum Gasteiger partial charge on any atom is -0.221 e. The number of halogens is 1. The monoisotopic (exact) mass is 284 g/mol. The molecule has 1 heterocycles. The Hall–Kier alpha value is -1.33. The van der Waals surface area contributed by atoms with Crippen molar-refractivity contribution in [3.05, 3.63) is 42.1 Å². The van der Waals surface area contributed by atoms with Crippen LogP contribution in [0, 0.1) is 0 Å². The first-order valence-electron chi connectivity index (χ1n) is 5.48. The highest BCUT2D eigenvalue weighted by molar-refractivity contribution is 8.13. The zero-order valence-electron chi connectivity index (χ0n) is 10.0. The van der Waals surface area contributed by atoms with Gasteiger partial charge in [0.05, 0.1) is 11.9 Å². The van der Waals surface area contributed by atoms with E-state index in [-0.39, 0.29) is 5.03 Å². The van der Waals surface area contributed by atoms with Crippen molar-refractivity contribution in [3.8, 4) is 5.69 Å². The summed E-state index contributed by atoms with van der Waals surface area (Å²) in [5, 5.41) is 3.95. The van der Waals surface area contributed by atoms with Crippen LogP contribution in [0.4, 0.5) is 0 Å². The van der Waals surface area contributed by atoms with Gasteiger partial charge >= 0.3 is 0 Å². The average Bonchev–Trinajstić information content (AvgIpc) is 2.77. The summed E-state index contributed by atoms with van der Waals surface area (Å²) >= 11 is 0. The van der Waals surface area contributed by atoms with Crippen molar-refractivity contribution >= 4 is 19.7 Å². The fourth-order valence-electron chi connectivity index (χ4n) is 1.67. The number of aromatic nitrogens is 2. The maximum Gasteiger partial charge on any atom is 0.278 e. The Morgan fingerprint density at radius 1 is 1.17 bits per heavy atom. The fraction of sp³-hybridized carbons (Fsp3) is 0.250. The standard InChI is InChI=1S/C12H13ClN2O2S/c1-9(2)10-3-5-11(6-4-10)15-12(7-8-14-15)18(13,16)17/h3-9H,1-2H3. The number of nitrogens with zero attached hydrogens (tertiary/aromatic N) is 2. The number of benzene rings is 1. The molecule has 0 saturated heterocycles. The highest BCUT2D eigenvalue weighted by Gasteiger charge is 2.17. The molecule has 2 rings (SSSR count). The minimum absolute atomic E-state index is 0.0264. The molecule has 0 aliphatic rings. The van der Waals surface area contributed by atoms with Crippen LogP contribution in [0.2, 0.25) is 0 Å². The molecule has 0 spiro atoms. The van der Waals surface area contributed by atoms with Crippen LogP contribution in [0.15, 0.2) is 41.6 Å². The van der Waals surface area contributed by atoms with Crippen LogP contribution in [0.1, 0.15) is 25.3 Å². The first-order chi connectivity index (χ1) is 8.39. The molecule has 0 amide bonds. The summed E-state index contributed by atoms with van der Waals surface area (Å²) < 4.78 is 24.0. The van der Waals surface area contributed by atoms with Gasteiger partial charge in [0.15, 0.2) is 5.03 Å². The lowest BCUT2D eigenvalue weighted by Gasteiger charge is -2.08. The molecular formula is C12H13ClN2O2S. The largest absolute Gasteiger partial charge is 0.278 e. The Morgan fingerprint density at radius 3 is 2.28 bits per heavy atom. The number of hydrogen-bond acceptors (Lipinski definition) is 3. The molecule has 0 aliphatic heterocycles. The van der Waals surface area contributed by atoms with Crippen molar-refractivity contribution in [2.24, 2.45) is 0 Å². The molecule has 6 heteroatoms. The molecule has 0 aliphatic carbocycles. The van der Waals surface area contributed by atoms with Crippen molar-refractivity contribution in [1.82, 2.24) is 9.78 Å². The predicted octanol–water partition coefficient (Wildman–Crippen LogP) is 2.92. The number of rotatable bonds is 3. The topological polar surface area (TPSA) is 52.0 Å². The van der Waals surface area contributed by atoms with Crippen molar-refractivity contribution < 1.29 is 8.42 Å². The van der Waals surface area contributed by atoms with Gasteiger partial charge < -0.3 is 0 Å². The van der Waals surface area contributed by atoms with Gasteiger partial charge in [-0.05, 0) is 29.7 Å². The van der Waals surface area contributed by atoms with E-state index in [1.807, 2.05) is 24.3 Å². The Labute approximate surface area is 111 Å². The highest BCUT2D eigenvalue weighted by atomic mass is 35.7. The lowest BCUT2D eigenvalue weighted by atomic mass is 10.0. The Bertz CT molecular complexity index is 645. The van der Waals surface area contributed by atoms with E-state index in [0.717, 1.165) is 0 Å². The van der Waals surface area contributed by atoms with Crippen LogP contribution in [-0.4, -0.2) is 18.2 Å². The lowest BCUT2D eigenvalue weighted by molar-refractivity contribution is 0.600. The molecule has 0 radical (unpaired) electrons. The van der Waals surface area contributed by atoms with E-state index in [2.05, 4.69) is 18.9 Å². The maximum absolute atomic E-state index is 11.4. The molecule has 1 aromatic heterocycles. The molecule has 4 nitrogen and oxygen atoms in total. The summed E-state index contributed by atoms with van der Waals surface area (Å²) in [5.41, 5.74) is 1.85. The van der Waals surface area contributed by atoms with Crippen LogP contribution in [0.5, 0.6) is 0 Å². The Kier molecular flexibility index (Phi) is 3.45. The van der Waals surface area contributed by atoms with Gasteiger partial charge in [0, 0.05) is 10.7 Å². The van der Waals surface area contributed by atoms with Crippen LogP contribution in [0.3, 0.4) is 0 Å². The second-order valence-corrected chi connectivity index (χ2v) is 6.78. The normalized spacial score (nSPS) is 12.0. The minimum atomic E-state index is -3.79. The predicted molar refractivity (Wildman–Crippen MR) is 70.7 cm³/mol. The lowest BCUT2D eigenvalue weighted by Crippen LogP contribution is -2.04. The zero-order valence-corrected chi connectivity index (χ0v) is 11.6. The van der Waals surface area contributed by atoms with E-state index in [0.29, 0.717) is 11.6 Å². The van der Waals surface area contributed by atoms with E-state index in [9.17, 15) is 8.42 Å². The Morgan fingerprint density at radius 2 is 1.78 bits per heavy atom. The summed E-state index contributed by atoms with van der Waals surface area (Å²) in [4.78, 5) is 0. The third-order valence-corrected chi connectivity index (χ3v) is 3.95. The summed E-state index contributed by atoms with van der Waals surface area (Å²) in [6.07, 6.45) is 1.41. The molecule has 0 saturated carbocycles. The third-order valence-electron chi connectivity index (χ3n) is 2.66. The quantitative estimate of drug-likeness (QED) is 0.814. The molecular weight excluding hydrogens is 272 g/mol. The second kappa shape index (κ2) is 4.74. The molecule has 0 fully saturated rings. The van der Waals surface area contributed by atoms with E-state index in [1.165, 1.54) is 22.5 Å². The van der Waals surface area contributed by atoms with Gasteiger partial charge in [0.1, 0.15) is 0 Å². The first-order valence-corrected chi connectivity index (χ1v) is 7.79. The highest BCUT2D eigenvalue weighted by Crippen LogP contribution is 2.21. The van der Waals surface area contributed by atoms with Crippen LogP contribution < -0.4 is 0 Å². The van der Waals surface area contributed by atoms with Gasteiger partial charge in [-0.1, -0.05) is 26.0 Å².